The fraction of sp³-hybridized carbons (Fsp3) is 0.308. The van der Waals surface area contributed by atoms with Crippen molar-refractivity contribution in [1.29, 1.82) is 0 Å². The molecule has 1 aromatic carbocycles. The Morgan fingerprint density at radius 3 is 2.74 bits per heavy atom. The van der Waals surface area contributed by atoms with E-state index in [1.165, 1.54) is 0 Å². The lowest BCUT2D eigenvalue weighted by atomic mass is 10.3. The van der Waals surface area contributed by atoms with E-state index in [0.29, 0.717) is 11.6 Å². The summed E-state index contributed by atoms with van der Waals surface area (Å²) in [5.41, 5.74) is 3.11. The van der Waals surface area contributed by atoms with Crippen molar-refractivity contribution in [2.75, 3.05) is 5.32 Å². The summed E-state index contributed by atoms with van der Waals surface area (Å²) >= 11 is 13.1. The van der Waals surface area contributed by atoms with Crippen LogP contribution in [0.1, 0.15) is 18.3 Å². The Morgan fingerprint density at radius 2 is 2.05 bits per heavy atom. The molecule has 0 radical (unpaired) electrons. The lowest BCUT2D eigenvalue weighted by Gasteiger charge is -2.11. The van der Waals surface area contributed by atoms with Gasteiger partial charge in [0.25, 0.3) is 0 Å². The highest BCUT2D eigenvalue weighted by Gasteiger charge is 2.12. The molecule has 2 rings (SSSR count). The van der Waals surface area contributed by atoms with Crippen LogP contribution in [0.15, 0.2) is 27.1 Å². The van der Waals surface area contributed by atoms with Crippen LogP contribution >= 0.6 is 43.5 Å². The van der Waals surface area contributed by atoms with E-state index in [1.54, 1.807) is 0 Å². The van der Waals surface area contributed by atoms with E-state index < -0.39 is 0 Å². The molecule has 1 heterocycles. The summed E-state index contributed by atoms with van der Waals surface area (Å²) in [7, 11) is 0. The molecule has 0 spiro atoms. The van der Waals surface area contributed by atoms with Crippen LogP contribution in [0.3, 0.4) is 0 Å². The number of benzene rings is 1. The van der Waals surface area contributed by atoms with Crippen molar-refractivity contribution in [2.24, 2.45) is 0 Å². The van der Waals surface area contributed by atoms with Crippen LogP contribution in [-0.2, 0) is 13.1 Å². The molecule has 0 fully saturated rings. The number of halogens is 3. The molecule has 0 saturated heterocycles. The molecule has 2 aromatic rings. The highest BCUT2D eigenvalue weighted by Crippen LogP contribution is 2.31. The SMILES string of the molecule is CCn1nc(C)c(Br)c1CNc1cccc(Cl)c1Br. The first-order chi connectivity index (χ1) is 9.04. The third-order valence-electron chi connectivity index (χ3n) is 2.85. The van der Waals surface area contributed by atoms with Crippen molar-refractivity contribution < 1.29 is 0 Å². The summed E-state index contributed by atoms with van der Waals surface area (Å²) in [6.07, 6.45) is 0. The van der Waals surface area contributed by atoms with Gasteiger partial charge in [-0.15, -0.1) is 0 Å². The van der Waals surface area contributed by atoms with Crippen LogP contribution < -0.4 is 5.32 Å². The Morgan fingerprint density at radius 1 is 1.32 bits per heavy atom. The fourth-order valence-corrected chi connectivity index (χ4v) is 2.86. The third kappa shape index (κ3) is 3.15. The first kappa shape index (κ1) is 14.9. The molecule has 102 valence electrons. The Bertz CT molecular complexity index is 596. The highest BCUT2D eigenvalue weighted by molar-refractivity contribution is 9.11. The van der Waals surface area contributed by atoms with Crippen LogP contribution in [0.2, 0.25) is 5.02 Å². The van der Waals surface area contributed by atoms with Gasteiger partial charge >= 0.3 is 0 Å². The number of nitrogens with one attached hydrogen (secondary N) is 1. The molecular formula is C13H14Br2ClN3. The smallest absolute Gasteiger partial charge is 0.0739 e. The van der Waals surface area contributed by atoms with E-state index in [2.05, 4.69) is 49.2 Å². The second-order valence-corrected chi connectivity index (χ2v) is 6.11. The largest absolute Gasteiger partial charge is 0.378 e. The van der Waals surface area contributed by atoms with Crippen LogP contribution in [0.25, 0.3) is 0 Å². The van der Waals surface area contributed by atoms with Gasteiger partial charge in [0, 0.05) is 6.54 Å². The number of anilines is 1. The van der Waals surface area contributed by atoms with Gasteiger partial charge < -0.3 is 5.32 Å². The second-order valence-electron chi connectivity index (χ2n) is 4.12. The molecule has 3 nitrogen and oxygen atoms in total. The minimum absolute atomic E-state index is 0.689. The Labute approximate surface area is 134 Å². The zero-order valence-corrected chi connectivity index (χ0v) is 14.6. The van der Waals surface area contributed by atoms with Crippen LogP contribution in [0.4, 0.5) is 5.69 Å². The summed E-state index contributed by atoms with van der Waals surface area (Å²) in [6.45, 7) is 5.61. The number of hydrogen-bond acceptors (Lipinski definition) is 2. The first-order valence-electron chi connectivity index (χ1n) is 5.94. The molecule has 1 N–H and O–H groups in total. The monoisotopic (exact) mass is 405 g/mol. The molecule has 1 aromatic heterocycles. The number of aromatic nitrogens is 2. The van der Waals surface area contributed by atoms with Gasteiger partial charge in [-0.2, -0.15) is 5.10 Å². The van der Waals surface area contributed by atoms with E-state index in [9.17, 15) is 0 Å². The summed E-state index contributed by atoms with van der Waals surface area (Å²) in [5, 5.41) is 8.55. The van der Waals surface area contributed by atoms with E-state index in [4.69, 9.17) is 11.6 Å². The van der Waals surface area contributed by atoms with Crippen LogP contribution in [0, 0.1) is 6.92 Å². The van der Waals surface area contributed by atoms with E-state index >= 15 is 0 Å². The lowest BCUT2D eigenvalue weighted by molar-refractivity contribution is 0.622. The maximum Gasteiger partial charge on any atom is 0.0739 e. The molecule has 0 atom stereocenters. The zero-order valence-electron chi connectivity index (χ0n) is 10.7. The summed E-state index contributed by atoms with van der Waals surface area (Å²) < 4.78 is 3.93. The van der Waals surface area contributed by atoms with Gasteiger partial charge in [-0.25, -0.2) is 0 Å². The van der Waals surface area contributed by atoms with Gasteiger partial charge in [-0.05, 0) is 57.8 Å². The molecule has 0 aliphatic heterocycles. The van der Waals surface area contributed by atoms with Gasteiger partial charge in [0.05, 0.1) is 37.6 Å². The fourth-order valence-electron chi connectivity index (χ4n) is 1.86. The van der Waals surface area contributed by atoms with E-state index in [1.807, 2.05) is 29.8 Å². The minimum Gasteiger partial charge on any atom is -0.378 e. The van der Waals surface area contributed by atoms with Gasteiger partial charge in [0.1, 0.15) is 0 Å². The number of hydrogen-bond donors (Lipinski definition) is 1. The van der Waals surface area contributed by atoms with Gasteiger partial charge in [0.2, 0.25) is 0 Å². The minimum atomic E-state index is 0.689. The number of rotatable bonds is 4. The molecule has 6 heteroatoms. The van der Waals surface area contributed by atoms with E-state index in [-0.39, 0.29) is 0 Å². The molecule has 0 saturated carbocycles. The summed E-state index contributed by atoms with van der Waals surface area (Å²) in [6, 6.07) is 5.77. The van der Waals surface area contributed by atoms with Crippen molar-refractivity contribution in [1.82, 2.24) is 9.78 Å². The zero-order chi connectivity index (χ0) is 14.0. The number of nitrogens with zero attached hydrogens (tertiary/aromatic N) is 2. The number of aryl methyl sites for hydroxylation is 2. The van der Waals surface area contributed by atoms with Gasteiger partial charge in [-0.3, -0.25) is 4.68 Å². The van der Waals surface area contributed by atoms with Crippen LogP contribution in [-0.4, -0.2) is 9.78 Å². The predicted molar refractivity (Wildman–Crippen MR) is 86.8 cm³/mol. The lowest BCUT2D eigenvalue weighted by Crippen LogP contribution is -2.08. The van der Waals surface area contributed by atoms with Crippen molar-refractivity contribution in [3.63, 3.8) is 0 Å². The van der Waals surface area contributed by atoms with E-state index in [0.717, 1.165) is 32.6 Å². The molecule has 0 bridgehead atoms. The van der Waals surface area contributed by atoms with Crippen molar-refractivity contribution in [2.45, 2.75) is 26.9 Å². The molecule has 0 aliphatic carbocycles. The third-order valence-corrected chi connectivity index (χ3v) is 5.28. The Kier molecular flexibility index (Phi) is 4.92. The van der Waals surface area contributed by atoms with Crippen molar-refractivity contribution in [3.8, 4) is 0 Å². The maximum atomic E-state index is 6.08. The molecule has 0 amide bonds. The second kappa shape index (κ2) is 6.29. The normalized spacial score (nSPS) is 10.8. The highest BCUT2D eigenvalue weighted by atomic mass is 79.9. The summed E-state index contributed by atoms with van der Waals surface area (Å²) in [4.78, 5) is 0. The average molecular weight is 408 g/mol. The van der Waals surface area contributed by atoms with Crippen LogP contribution in [0.5, 0.6) is 0 Å². The standard InChI is InChI=1S/C13H14Br2ClN3/c1-3-19-11(12(14)8(2)18-19)7-17-10-6-4-5-9(16)13(10)15/h4-6,17H,3,7H2,1-2H3. The molecular weight excluding hydrogens is 393 g/mol. The molecule has 19 heavy (non-hydrogen) atoms. The van der Waals surface area contributed by atoms with Crippen molar-refractivity contribution >= 4 is 49.1 Å². The average Bonchev–Trinajstić information content (AvgIpc) is 2.67. The Balaban J connectivity index is 2.21. The quantitative estimate of drug-likeness (QED) is 0.773. The first-order valence-corrected chi connectivity index (χ1v) is 7.90. The summed E-state index contributed by atoms with van der Waals surface area (Å²) in [5.74, 6) is 0. The topological polar surface area (TPSA) is 29.9 Å². The van der Waals surface area contributed by atoms with Crippen molar-refractivity contribution in [3.05, 3.63) is 43.6 Å². The Hall–Kier alpha value is -0.520. The predicted octanol–water partition coefficient (Wildman–Crippen LogP) is 5.00. The molecule has 0 unspecified atom stereocenters. The van der Waals surface area contributed by atoms with Gasteiger partial charge in [-0.1, -0.05) is 17.7 Å². The maximum absolute atomic E-state index is 6.08. The molecule has 0 aliphatic rings. The van der Waals surface area contributed by atoms with Gasteiger partial charge in [0.15, 0.2) is 0 Å².